The number of hydrogen-bond donors (Lipinski definition) is 0. The average Bonchev–Trinajstić information content (AvgIpc) is 3.76. The van der Waals surface area contributed by atoms with E-state index in [1.807, 2.05) is 0 Å². The standard InChI is InChI=1S/C51H38N2/c1-51(2)48-33-43(52-32-31-40-18-17-39-15-9-10-16-45(39)50(40)52)27-29-46(48)47-30-28-44(34-49(47)51)53(41-23-19-37(20-24-41)35-11-5-3-6-12-35)42-25-21-38(22-26-42)36-13-7-4-8-14-36/h3-34H,1-2H3. The molecule has 0 radical (unpaired) electrons. The first-order valence-electron chi connectivity index (χ1n) is 18.4. The first-order valence-corrected chi connectivity index (χ1v) is 18.4. The fraction of sp³-hybridized carbons (Fsp3) is 0.0588. The third-order valence-corrected chi connectivity index (χ3v) is 11.2. The van der Waals surface area contributed by atoms with E-state index in [2.05, 4.69) is 218 Å². The molecule has 0 N–H and O–H groups in total. The first-order chi connectivity index (χ1) is 26.0. The maximum absolute atomic E-state index is 2.42. The van der Waals surface area contributed by atoms with Crippen LogP contribution >= 0.6 is 0 Å². The molecule has 0 saturated heterocycles. The zero-order valence-electron chi connectivity index (χ0n) is 29.9. The molecule has 1 aliphatic carbocycles. The molecule has 1 aromatic heterocycles. The quantitative estimate of drug-likeness (QED) is 0.170. The Hall–Kier alpha value is -6.64. The highest BCUT2D eigenvalue weighted by molar-refractivity contribution is 6.06. The van der Waals surface area contributed by atoms with Crippen molar-refractivity contribution in [3.05, 3.63) is 205 Å². The lowest BCUT2D eigenvalue weighted by Crippen LogP contribution is -2.17. The molecule has 53 heavy (non-hydrogen) atoms. The fourth-order valence-electron chi connectivity index (χ4n) is 8.44. The molecule has 10 rings (SSSR count). The van der Waals surface area contributed by atoms with Crippen molar-refractivity contribution in [1.82, 2.24) is 4.57 Å². The molecule has 9 aromatic rings. The van der Waals surface area contributed by atoms with E-state index in [1.165, 1.54) is 71.9 Å². The third kappa shape index (κ3) is 5.18. The van der Waals surface area contributed by atoms with Gasteiger partial charge in [0.25, 0.3) is 0 Å². The van der Waals surface area contributed by atoms with Crippen LogP contribution in [0.2, 0.25) is 0 Å². The molecular formula is C51H38N2. The minimum atomic E-state index is -0.193. The predicted molar refractivity (Wildman–Crippen MR) is 224 cm³/mol. The van der Waals surface area contributed by atoms with Crippen LogP contribution in [0.1, 0.15) is 25.0 Å². The molecule has 2 nitrogen and oxygen atoms in total. The van der Waals surface area contributed by atoms with E-state index < -0.39 is 0 Å². The van der Waals surface area contributed by atoms with Crippen molar-refractivity contribution in [2.24, 2.45) is 0 Å². The summed E-state index contributed by atoms with van der Waals surface area (Å²) in [6.07, 6.45) is 2.22. The van der Waals surface area contributed by atoms with Crippen molar-refractivity contribution < 1.29 is 0 Å². The first kappa shape index (κ1) is 31.1. The van der Waals surface area contributed by atoms with Gasteiger partial charge >= 0.3 is 0 Å². The molecule has 2 heteroatoms. The Labute approximate surface area is 310 Å². The Kier molecular flexibility index (Phi) is 7.19. The van der Waals surface area contributed by atoms with E-state index >= 15 is 0 Å². The van der Waals surface area contributed by atoms with Crippen LogP contribution in [-0.4, -0.2) is 4.57 Å². The highest BCUT2D eigenvalue weighted by Gasteiger charge is 2.36. The van der Waals surface area contributed by atoms with E-state index in [9.17, 15) is 0 Å². The zero-order valence-corrected chi connectivity index (χ0v) is 29.9. The normalized spacial score (nSPS) is 12.9. The second-order valence-electron chi connectivity index (χ2n) is 14.7. The lowest BCUT2D eigenvalue weighted by Gasteiger charge is -2.28. The van der Waals surface area contributed by atoms with Gasteiger partial charge in [-0.25, -0.2) is 0 Å². The van der Waals surface area contributed by atoms with Crippen LogP contribution in [0.5, 0.6) is 0 Å². The van der Waals surface area contributed by atoms with Crippen LogP contribution in [0.3, 0.4) is 0 Å². The summed E-state index contributed by atoms with van der Waals surface area (Å²) in [5.41, 5.74) is 15.8. The number of benzene rings is 8. The number of nitrogens with zero attached hydrogens (tertiary/aromatic N) is 2. The molecule has 0 bridgehead atoms. The van der Waals surface area contributed by atoms with Crippen LogP contribution in [-0.2, 0) is 5.41 Å². The average molecular weight is 679 g/mol. The summed E-state index contributed by atoms with van der Waals surface area (Å²) in [7, 11) is 0. The topological polar surface area (TPSA) is 8.17 Å². The van der Waals surface area contributed by atoms with Crippen LogP contribution in [0.4, 0.5) is 17.1 Å². The molecule has 8 aromatic carbocycles. The Morgan fingerprint density at radius 2 is 0.925 bits per heavy atom. The van der Waals surface area contributed by atoms with Crippen LogP contribution < -0.4 is 4.90 Å². The van der Waals surface area contributed by atoms with Crippen LogP contribution in [0.15, 0.2) is 194 Å². The molecule has 0 unspecified atom stereocenters. The van der Waals surface area contributed by atoms with Gasteiger partial charge in [-0.1, -0.05) is 147 Å². The maximum Gasteiger partial charge on any atom is 0.0606 e. The van der Waals surface area contributed by atoms with Crippen molar-refractivity contribution in [3.8, 4) is 39.1 Å². The fourth-order valence-corrected chi connectivity index (χ4v) is 8.44. The second-order valence-corrected chi connectivity index (χ2v) is 14.7. The molecule has 0 saturated carbocycles. The summed E-state index contributed by atoms with van der Waals surface area (Å²) < 4.78 is 2.36. The molecule has 0 spiro atoms. The van der Waals surface area contributed by atoms with E-state index in [0.29, 0.717) is 0 Å². The van der Waals surface area contributed by atoms with Crippen molar-refractivity contribution in [2.45, 2.75) is 19.3 Å². The second kappa shape index (κ2) is 12.3. The largest absolute Gasteiger partial charge is 0.316 e. The number of fused-ring (bicyclic) bond motifs is 6. The summed E-state index contributed by atoms with van der Waals surface area (Å²) in [5.74, 6) is 0. The summed E-state index contributed by atoms with van der Waals surface area (Å²) in [5, 5.41) is 3.79. The molecule has 1 heterocycles. The number of rotatable bonds is 6. The van der Waals surface area contributed by atoms with E-state index in [0.717, 1.165) is 17.1 Å². The molecule has 0 atom stereocenters. The lowest BCUT2D eigenvalue weighted by molar-refractivity contribution is 0.660. The van der Waals surface area contributed by atoms with Gasteiger partial charge in [-0.2, -0.15) is 0 Å². The Balaban J connectivity index is 1.07. The summed E-state index contributed by atoms with van der Waals surface area (Å²) in [6.45, 7) is 4.75. The van der Waals surface area contributed by atoms with Crippen LogP contribution in [0, 0.1) is 0 Å². The molecule has 0 amide bonds. The SMILES string of the molecule is CC1(C)c2cc(N(c3ccc(-c4ccccc4)cc3)c3ccc(-c4ccccc4)cc3)ccc2-c2ccc(-n3ccc4ccc5ccccc5c43)cc21. The van der Waals surface area contributed by atoms with E-state index in [1.54, 1.807) is 0 Å². The van der Waals surface area contributed by atoms with Gasteiger partial charge in [-0.05, 0) is 104 Å². The van der Waals surface area contributed by atoms with E-state index in [-0.39, 0.29) is 5.41 Å². The molecule has 1 aliphatic rings. The lowest BCUT2D eigenvalue weighted by atomic mass is 9.82. The Morgan fingerprint density at radius 1 is 0.415 bits per heavy atom. The minimum absolute atomic E-state index is 0.193. The van der Waals surface area contributed by atoms with Crippen molar-refractivity contribution in [3.63, 3.8) is 0 Å². The molecule has 0 fully saturated rings. The van der Waals surface area contributed by atoms with E-state index in [4.69, 9.17) is 0 Å². The molecular weight excluding hydrogens is 641 g/mol. The third-order valence-electron chi connectivity index (χ3n) is 11.2. The van der Waals surface area contributed by atoms with Gasteiger partial charge in [0.2, 0.25) is 0 Å². The summed E-state index contributed by atoms with van der Waals surface area (Å²) >= 11 is 0. The van der Waals surface area contributed by atoms with Gasteiger partial charge in [0.05, 0.1) is 5.52 Å². The maximum atomic E-state index is 2.42. The molecule has 252 valence electrons. The van der Waals surface area contributed by atoms with Crippen molar-refractivity contribution >= 4 is 38.7 Å². The highest BCUT2D eigenvalue weighted by atomic mass is 15.1. The van der Waals surface area contributed by atoms with Crippen molar-refractivity contribution in [1.29, 1.82) is 0 Å². The number of aromatic nitrogens is 1. The Bertz CT molecular complexity index is 2690. The van der Waals surface area contributed by atoms with Gasteiger partial charge in [0.1, 0.15) is 0 Å². The zero-order chi connectivity index (χ0) is 35.5. The van der Waals surface area contributed by atoms with Gasteiger partial charge in [-0.15, -0.1) is 0 Å². The predicted octanol–water partition coefficient (Wildman–Crippen LogP) is 13.9. The van der Waals surface area contributed by atoms with Crippen LogP contribution in [0.25, 0.3) is 60.7 Å². The summed E-state index contributed by atoms with van der Waals surface area (Å²) in [6, 6.07) is 68.6. The number of anilines is 3. The van der Waals surface area contributed by atoms with Crippen molar-refractivity contribution in [2.75, 3.05) is 4.90 Å². The monoisotopic (exact) mass is 678 g/mol. The smallest absolute Gasteiger partial charge is 0.0606 e. The van der Waals surface area contributed by atoms with Gasteiger partial charge in [-0.3, -0.25) is 0 Å². The summed E-state index contributed by atoms with van der Waals surface area (Å²) in [4.78, 5) is 2.39. The van der Waals surface area contributed by atoms with Gasteiger partial charge < -0.3 is 9.47 Å². The minimum Gasteiger partial charge on any atom is -0.316 e. The van der Waals surface area contributed by atoms with Gasteiger partial charge in [0.15, 0.2) is 0 Å². The highest BCUT2D eigenvalue weighted by Crippen LogP contribution is 2.51. The molecule has 0 aliphatic heterocycles. The number of hydrogen-bond acceptors (Lipinski definition) is 1. The van der Waals surface area contributed by atoms with Gasteiger partial charge in [0, 0.05) is 45.1 Å². The Morgan fingerprint density at radius 3 is 1.57 bits per heavy atom.